The standard InChI is InChI=1S/C19H29NO4/c1-14(2)8-10-19(18(22)23)13-20(11-9-17(19)21)12-15-4-6-16(24-3)7-5-15/h4-7,14,17,21H,8-13H2,1-3H3,(H,22,23)/t17-,19+/m0/s1. The predicted octanol–water partition coefficient (Wildman–Crippen LogP) is 2.77. The van der Waals surface area contributed by atoms with Gasteiger partial charge in [-0.25, -0.2) is 0 Å². The molecule has 0 radical (unpaired) electrons. The molecule has 2 N–H and O–H groups in total. The van der Waals surface area contributed by atoms with Gasteiger partial charge in [0.15, 0.2) is 0 Å². The minimum atomic E-state index is -1.06. The molecule has 1 heterocycles. The number of methoxy groups -OCH3 is 1. The van der Waals surface area contributed by atoms with Gasteiger partial charge in [0.05, 0.1) is 13.2 Å². The number of nitrogens with zero attached hydrogens (tertiary/aromatic N) is 1. The van der Waals surface area contributed by atoms with E-state index < -0.39 is 17.5 Å². The van der Waals surface area contributed by atoms with Gasteiger partial charge in [-0.3, -0.25) is 9.69 Å². The van der Waals surface area contributed by atoms with Gasteiger partial charge in [0, 0.05) is 19.6 Å². The van der Waals surface area contributed by atoms with Crippen LogP contribution in [-0.4, -0.2) is 47.4 Å². The Morgan fingerprint density at radius 2 is 2.04 bits per heavy atom. The molecule has 1 fully saturated rings. The van der Waals surface area contributed by atoms with Crippen molar-refractivity contribution < 1.29 is 19.7 Å². The van der Waals surface area contributed by atoms with Crippen molar-refractivity contribution >= 4 is 5.97 Å². The van der Waals surface area contributed by atoms with Crippen LogP contribution < -0.4 is 4.74 Å². The fraction of sp³-hybridized carbons (Fsp3) is 0.632. The lowest BCUT2D eigenvalue weighted by atomic mass is 9.72. The Bertz CT molecular complexity index is 543. The zero-order valence-electron chi connectivity index (χ0n) is 14.9. The lowest BCUT2D eigenvalue weighted by molar-refractivity contribution is -0.165. The van der Waals surface area contributed by atoms with E-state index in [2.05, 4.69) is 18.7 Å². The molecule has 1 aromatic carbocycles. The van der Waals surface area contributed by atoms with E-state index >= 15 is 0 Å². The molecule has 0 aromatic heterocycles. The summed E-state index contributed by atoms with van der Waals surface area (Å²) in [6.45, 7) is 5.96. The first-order chi connectivity index (χ1) is 11.4. The summed E-state index contributed by atoms with van der Waals surface area (Å²) in [5.41, 5.74) is 0.0602. The summed E-state index contributed by atoms with van der Waals surface area (Å²) >= 11 is 0. The second kappa shape index (κ2) is 7.99. The molecule has 24 heavy (non-hydrogen) atoms. The first-order valence-corrected chi connectivity index (χ1v) is 8.64. The van der Waals surface area contributed by atoms with E-state index in [9.17, 15) is 15.0 Å². The van der Waals surface area contributed by atoms with Crippen LogP contribution in [0, 0.1) is 11.3 Å². The number of benzene rings is 1. The number of piperidine rings is 1. The Hall–Kier alpha value is -1.59. The second-order valence-electron chi connectivity index (χ2n) is 7.26. The van der Waals surface area contributed by atoms with Crippen LogP contribution in [0.15, 0.2) is 24.3 Å². The fourth-order valence-electron chi connectivity index (χ4n) is 3.40. The Kier molecular flexibility index (Phi) is 6.24. The van der Waals surface area contributed by atoms with Gasteiger partial charge in [0.25, 0.3) is 0 Å². The van der Waals surface area contributed by atoms with Crippen LogP contribution >= 0.6 is 0 Å². The topological polar surface area (TPSA) is 70.0 Å². The van der Waals surface area contributed by atoms with Crippen LogP contribution in [-0.2, 0) is 11.3 Å². The summed E-state index contributed by atoms with van der Waals surface area (Å²) in [5.74, 6) is 0.352. The van der Waals surface area contributed by atoms with Gasteiger partial charge in [0.2, 0.25) is 0 Å². The van der Waals surface area contributed by atoms with Crippen molar-refractivity contribution in [3.05, 3.63) is 29.8 Å². The highest BCUT2D eigenvalue weighted by Gasteiger charge is 2.48. The monoisotopic (exact) mass is 335 g/mol. The quantitative estimate of drug-likeness (QED) is 0.802. The Morgan fingerprint density at radius 3 is 2.58 bits per heavy atom. The maximum atomic E-state index is 12.0. The number of likely N-dealkylation sites (tertiary alicyclic amines) is 1. The van der Waals surface area contributed by atoms with Crippen LogP contribution in [0.25, 0.3) is 0 Å². The first-order valence-electron chi connectivity index (χ1n) is 8.64. The zero-order chi connectivity index (χ0) is 17.7. The molecule has 1 aromatic rings. The van der Waals surface area contributed by atoms with E-state index in [0.717, 1.165) is 17.7 Å². The molecule has 2 atom stereocenters. The molecule has 0 spiro atoms. The molecule has 5 nitrogen and oxygen atoms in total. The molecular formula is C19H29NO4. The van der Waals surface area contributed by atoms with Crippen molar-refractivity contribution in [1.29, 1.82) is 0 Å². The van der Waals surface area contributed by atoms with E-state index in [1.54, 1.807) is 7.11 Å². The molecule has 5 heteroatoms. The average molecular weight is 335 g/mol. The third kappa shape index (κ3) is 4.28. The lowest BCUT2D eigenvalue weighted by Gasteiger charge is -2.43. The summed E-state index contributed by atoms with van der Waals surface area (Å²) in [7, 11) is 1.64. The first kappa shape index (κ1) is 18.7. The van der Waals surface area contributed by atoms with E-state index in [4.69, 9.17) is 4.74 Å². The molecule has 1 aliphatic rings. The minimum absolute atomic E-state index is 0.391. The molecule has 0 unspecified atom stereocenters. The largest absolute Gasteiger partial charge is 0.497 e. The van der Waals surface area contributed by atoms with Crippen LogP contribution in [0.2, 0.25) is 0 Å². The Balaban J connectivity index is 2.10. The van der Waals surface area contributed by atoms with Gasteiger partial charge < -0.3 is 14.9 Å². The van der Waals surface area contributed by atoms with Crippen molar-refractivity contribution in [3.8, 4) is 5.75 Å². The van der Waals surface area contributed by atoms with Crippen LogP contribution in [0.5, 0.6) is 5.75 Å². The van der Waals surface area contributed by atoms with Gasteiger partial charge in [-0.2, -0.15) is 0 Å². The third-order valence-corrected chi connectivity index (χ3v) is 5.02. The maximum absolute atomic E-state index is 12.0. The number of carboxylic acid groups (broad SMARTS) is 1. The molecule has 1 saturated heterocycles. The van der Waals surface area contributed by atoms with Gasteiger partial charge in [-0.05, 0) is 42.9 Å². The van der Waals surface area contributed by atoms with Crippen molar-refractivity contribution in [3.63, 3.8) is 0 Å². The highest BCUT2D eigenvalue weighted by atomic mass is 16.5. The minimum Gasteiger partial charge on any atom is -0.497 e. The van der Waals surface area contributed by atoms with Crippen LogP contribution in [0.4, 0.5) is 0 Å². The third-order valence-electron chi connectivity index (χ3n) is 5.02. The average Bonchev–Trinajstić information content (AvgIpc) is 2.55. The number of hydrogen-bond donors (Lipinski definition) is 2. The molecule has 134 valence electrons. The second-order valence-corrected chi connectivity index (χ2v) is 7.26. The number of carboxylic acids is 1. The van der Waals surface area contributed by atoms with Gasteiger partial charge in [-0.1, -0.05) is 26.0 Å². The number of hydrogen-bond acceptors (Lipinski definition) is 4. The van der Waals surface area contributed by atoms with Crippen molar-refractivity contribution in [2.24, 2.45) is 11.3 Å². The summed E-state index contributed by atoms with van der Waals surface area (Å²) in [4.78, 5) is 14.1. The maximum Gasteiger partial charge on any atom is 0.313 e. The predicted molar refractivity (Wildman–Crippen MR) is 93.0 cm³/mol. The fourth-order valence-corrected chi connectivity index (χ4v) is 3.40. The normalized spacial score (nSPS) is 25.0. The number of aliphatic carboxylic acids is 1. The lowest BCUT2D eigenvalue weighted by Crippen LogP contribution is -2.55. The highest BCUT2D eigenvalue weighted by Crippen LogP contribution is 2.37. The summed E-state index contributed by atoms with van der Waals surface area (Å²) in [6, 6.07) is 7.83. The zero-order valence-corrected chi connectivity index (χ0v) is 14.9. The number of rotatable bonds is 7. The molecular weight excluding hydrogens is 306 g/mol. The number of aliphatic hydroxyl groups is 1. The molecule has 0 bridgehead atoms. The molecule has 2 rings (SSSR count). The van der Waals surface area contributed by atoms with Gasteiger partial charge >= 0.3 is 5.97 Å². The summed E-state index contributed by atoms with van der Waals surface area (Å²) in [6.07, 6.45) is 1.04. The van der Waals surface area contributed by atoms with Crippen molar-refractivity contribution in [2.45, 2.75) is 45.8 Å². The van der Waals surface area contributed by atoms with Gasteiger partial charge in [-0.15, -0.1) is 0 Å². The Morgan fingerprint density at radius 1 is 1.38 bits per heavy atom. The van der Waals surface area contributed by atoms with Crippen molar-refractivity contribution in [2.75, 3.05) is 20.2 Å². The molecule has 0 amide bonds. The number of ether oxygens (including phenoxy) is 1. The summed E-state index contributed by atoms with van der Waals surface area (Å²) in [5, 5.41) is 20.3. The van der Waals surface area contributed by atoms with Crippen molar-refractivity contribution in [1.82, 2.24) is 4.90 Å². The number of carbonyl (C=O) groups is 1. The Labute approximate surface area is 144 Å². The molecule has 1 aliphatic heterocycles. The number of aliphatic hydroxyl groups excluding tert-OH is 1. The highest BCUT2D eigenvalue weighted by molar-refractivity contribution is 5.76. The van der Waals surface area contributed by atoms with Crippen LogP contribution in [0.3, 0.4) is 0 Å². The molecule has 0 saturated carbocycles. The summed E-state index contributed by atoms with van der Waals surface area (Å²) < 4.78 is 5.17. The van der Waals surface area contributed by atoms with Crippen LogP contribution in [0.1, 0.15) is 38.7 Å². The van der Waals surface area contributed by atoms with Gasteiger partial charge in [0.1, 0.15) is 11.2 Å². The van der Waals surface area contributed by atoms with E-state index in [-0.39, 0.29) is 0 Å². The van der Waals surface area contributed by atoms with E-state index in [0.29, 0.717) is 38.4 Å². The molecule has 0 aliphatic carbocycles. The van der Waals surface area contributed by atoms with E-state index in [1.165, 1.54) is 0 Å². The SMILES string of the molecule is COc1ccc(CN2CC[C@H](O)[C@](CCC(C)C)(C(=O)O)C2)cc1. The smallest absolute Gasteiger partial charge is 0.313 e. The van der Waals surface area contributed by atoms with E-state index in [1.807, 2.05) is 24.3 Å².